The van der Waals surface area contributed by atoms with Gasteiger partial charge < -0.3 is 0 Å². The van der Waals surface area contributed by atoms with E-state index in [2.05, 4.69) is 74.5 Å². The van der Waals surface area contributed by atoms with Gasteiger partial charge in [-0.15, -0.1) is 0 Å². The highest BCUT2D eigenvalue weighted by atomic mass is 28.2. The van der Waals surface area contributed by atoms with Gasteiger partial charge in [0, 0.05) is 0 Å². The van der Waals surface area contributed by atoms with Gasteiger partial charge in [0.05, 0.1) is 9.52 Å². The molecule has 1 heteroatoms. The second-order valence-corrected chi connectivity index (χ2v) is 9.81. The van der Waals surface area contributed by atoms with E-state index in [0.717, 1.165) is 6.42 Å². The molecule has 0 atom stereocenters. The van der Waals surface area contributed by atoms with Crippen molar-refractivity contribution >= 4 is 14.7 Å². The Morgan fingerprint density at radius 3 is 2.15 bits per heavy atom. The van der Waals surface area contributed by atoms with Gasteiger partial charge in [-0.05, 0) is 55.2 Å². The lowest BCUT2D eigenvalue weighted by Crippen LogP contribution is -2.16. The summed E-state index contributed by atoms with van der Waals surface area (Å²) in [4.78, 5) is 0. The summed E-state index contributed by atoms with van der Waals surface area (Å²) in [5.74, 6) is 0. The maximum atomic E-state index is 2.55. The van der Waals surface area contributed by atoms with E-state index in [1.54, 1.807) is 21.5 Å². The fourth-order valence-electron chi connectivity index (χ4n) is 4.04. The van der Waals surface area contributed by atoms with Crippen LogP contribution in [0.5, 0.6) is 0 Å². The Bertz CT molecular complexity index is 766. The van der Waals surface area contributed by atoms with Crippen LogP contribution < -0.4 is 5.19 Å². The van der Waals surface area contributed by atoms with Crippen molar-refractivity contribution in [3.05, 3.63) is 88.1 Å². The third-order valence-corrected chi connectivity index (χ3v) is 7.66. The van der Waals surface area contributed by atoms with Gasteiger partial charge in [-0.1, -0.05) is 103 Å². The van der Waals surface area contributed by atoms with Crippen molar-refractivity contribution < 1.29 is 0 Å². The average molecular weight is 375 g/mol. The molecule has 2 aromatic rings. The highest BCUT2D eigenvalue weighted by molar-refractivity contribution is 6.62. The Balaban J connectivity index is 1.72. The molecule has 0 radical (unpaired) electrons. The summed E-state index contributed by atoms with van der Waals surface area (Å²) in [5, 5.41) is 3.28. The second-order valence-electron chi connectivity index (χ2n) is 7.88. The van der Waals surface area contributed by atoms with Crippen LogP contribution >= 0.6 is 0 Å². The standard InChI is InChI=1S/C26H34Si/c1-3-5-10-21-14-16-22(17-15-21)20-23-18-19-26(25(23)13-6-4-2)27-24-11-8-7-9-12-24/h7-9,11-12,14-17,19H,3-6,10,13,18,20,27H2,1-2H3. The largest absolute Gasteiger partial charge is 0.0874 e. The maximum absolute atomic E-state index is 2.55. The molecule has 0 bridgehead atoms. The van der Waals surface area contributed by atoms with Crippen LogP contribution in [-0.2, 0) is 12.8 Å². The molecule has 2 aromatic carbocycles. The summed E-state index contributed by atoms with van der Waals surface area (Å²) >= 11 is 0. The molecule has 0 saturated carbocycles. The number of rotatable bonds is 10. The van der Waals surface area contributed by atoms with Crippen molar-refractivity contribution in [2.24, 2.45) is 0 Å². The highest BCUT2D eigenvalue weighted by Gasteiger charge is 2.18. The quantitative estimate of drug-likeness (QED) is 0.458. The zero-order valence-corrected chi connectivity index (χ0v) is 18.6. The Labute approximate surface area is 168 Å². The number of aryl methyl sites for hydroxylation is 1. The molecule has 27 heavy (non-hydrogen) atoms. The SMILES string of the molecule is CCCCC1=C(Cc2ccc(CCCC)cc2)CC=C1[SiH2]c1ccccc1. The summed E-state index contributed by atoms with van der Waals surface area (Å²) in [6.07, 6.45) is 12.5. The van der Waals surface area contributed by atoms with Crippen molar-refractivity contribution in [3.8, 4) is 0 Å². The smallest absolute Gasteiger partial charge is 0.0812 e. The first kappa shape index (κ1) is 19.9. The minimum absolute atomic E-state index is 0.344. The van der Waals surface area contributed by atoms with Crippen LogP contribution in [0.25, 0.3) is 0 Å². The van der Waals surface area contributed by atoms with E-state index >= 15 is 0 Å². The second kappa shape index (κ2) is 10.5. The predicted molar refractivity (Wildman–Crippen MR) is 123 cm³/mol. The monoisotopic (exact) mass is 374 g/mol. The first-order valence-corrected chi connectivity index (χ1v) is 12.2. The molecule has 0 amide bonds. The molecule has 142 valence electrons. The summed E-state index contributed by atoms with van der Waals surface area (Å²) in [7, 11) is -0.344. The Morgan fingerprint density at radius 2 is 1.44 bits per heavy atom. The van der Waals surface area contributed by atoms with Crippen LogP contribution in [0.1, 0.15) is 63.5 Å². The zero-order chi connectivity index (χ0) is 18.9. The number of hydrogen-bond donors (Lipinski definition) is 0. The molecule has 0 spiro atoms. The molecule has 1 aliphatic carbocycles. The van der Waals surface area contributed by atoms with Crippen LogP contribution in [0.15, 0.2) is 77.0 Å². The number of unbranched alkanes of at least 4 members (excludes halogenated alkanes) is 2. The van der Waals surface area contributed by atoms with Gasteiger partial charge >= 0.3 is 0 Å². The first-order chi connectivity index (χ1) is 13.3. The summed E-state index contributed by atoms with van der Waals surface area (Å²) in [5.41, 5.74) is 6.36. The first-order valence-electron chi connectivity index (χ1n) is 10.8. The summed E-state index contributed by atoms with van der Waals surface area (Å²) in [6.45, 7) is 4.57. The Hall–Kier alpha value is -1.86. The van der Waals surface area contributed by atoms with Gasteiger partial charge in [-0.2, -0.15) is 0 Å². The van der Waals surface area contributed by atoms with Crippen LogP contribution in [0.2, 0.25) is 0 Å². The van der Waals surface area contributed by atoms with E-state index in [1.165, 1.54) is 56.1 Å². The van der Waals surface area contributed by atoms with Gasteiger partial charge in [0.25, 0.3) is 0 Å². The molecule has 0 saturated heterocycles. The van der Waals surface area contributed by atoms with Gasteiger partial charge in [0.15, 0.2) is 0 Å². The molecule has 0 fully saturated rings. The third-order valence-electron chi connectivity index (χ3n) is 5.69. The molecule has 1 aliphatic rings. The van der Waals surface area contributed by atoms with Crippen LogP contribution in [0.3, 0.4) is 0 Å². The van der Waals surface area contributed by atoms with Gasteiger partial charge in [-0.3, -0.25) is 0 Å². The minimum atomic E-state index is -0.344. The molecule has 0 heterocycles. The predicted octanol–water partition coefficient (Wildman–Crippen LogP) is 5.84. The molecule has 0 nitrogen and oxygen atoms in total. The van der Waals surface area contributed by atoms with Crippen molar-refractivity contribution in [2.75, 3.05) is 0 Å². The minimum Gasteiger partial charge on any atom is -0.0812 e. The Kier molecular flexibility index (Phi) is 7.71. The van der Waals surface area contributed by atoms with Gasteiger partial charge in [-0.25, -0.2) is 0 Å². The third kappa shape index (κ3) is 5.81. The van der Waals surface area contributed by atoms with Crippen LogP contribution in [0, 0.1) is 0 Å². The van der Waals surface area contributed by atoms with E-state index in [9.17, 15) is 0 Å². The Morgan fingerprint density at radius 1 is 0.778 bits per heavy atom. The lowest BCUT2D eigenvalue weighted by atomic mass is 9.97. The van der Waals surface area contributed by atoms with Crippen molar-refractivity contribution in [1.82, 2.24) is 0 Å². The van der Waals surface area contributed by atoms with E-state index in [0.29, 0.717) is 0 Å². The van der Waals surface area contributed by atoms with E-state index in [-0.39, 0.29) is 9.52 Å². The zero-order valence-electron chi connectivity index (χ0n) is 17.1. The maximum Gasteiger partial charge on any atom is 0.0874 e. The van der Waals surface area contributed by atoms with E-state index < -0.39 is 0 Å². The molecular formula is C26H34Si. The van der Waals surface area contributed by atoms with Crippen molar-refractivity contribution in [3.63, 3.8) is 0 Å². The van der Waals surface area contributed by atoms with Crippen molar-refractivity contribution in [1.29, 1.82) is 0 Å². The molecule has 3 rings (SSSR count). The van der Waals surface area contributed by atoms with Crippen LogP contribution in [-0.4, -0.2) is 9.52 Å². The molecule has 0 aromatic heterocycles. The number of allylic oxidation sites excluding steroid dienone is 4. The molecular weight excluding hydrogens is 340 g/mol. The molecule has 0 aliphatic heterocycles. The fraction of sp³-hybridized carbons (Fsp3) is 0.385. The van der Waals surface area contributed by atoms with E-state index in [1.807, 2.05) is 0 Å². The average Bonchev–Trinajstić information content (AvgIpc) is 3.07. The van der Waals surface area contributed by atoms with Gasteiger partial charge in [0.2, 0.25) is 0 Å². The molecule has 0 N–H and O–H groups in total. The van der Waals surface area contributed by atoms with E-state index in [4.69, 9.17) is 0 Å². The number of hydrogen-bond acceptors (Lipinski definition) is 0. The lowest BCUT2D eigenvalue weighted by molar-refractivity contribution is 0.788. The lowest BCUT2D eigenvalue weighted by Gasteiger charge is -2.13. The summed E-state index contributed by atoms with van der Waals surface area (Å²) < 4.78 is 0. The molecule has 0 unspecified atom stereocenters. The van der Waals surface area contributed by atoms with Crippen LogP contribution in [0.4, 0.5) is 0 Å². The topological polar surface area (TPSA) is 0 Å². The highest BCUT2D eigenvalue weighted by Crippen LogP contribution is 2.32. The normalized spacial score (nSPS) is 14.4. The number of benzene rings is 2. The fourth-order valence-corrected chi connectivity index (χ4v) is 5.91. The van der Waals surface area contributed by atoms with Gasteiger partial charge in [0.1, 0.15) is 0 Å². The van der Waals surface area contributed by atoms with Crippen molar-refractivity contribution in [2.45, 2.75) is 65.2 Å². The summed E-state index contributed by atoms with van der Waals surface area (Å²) in [6, 6.07) is 20.6.